The van der Waals surface area contributed by atoms with Crippen LogP contribution in [0.3, 0.4) is 0 Å². The Hall–Kier alpha value is -2.93. The van der Waals surface area contributed by atoms with Crippen LogP contribution in [0.15, 0.2) is 53.5 Å². The van der Waals surface area contributed by atoms with E-state index >= 15 is 0 Å². The SMILES string of the molecule is O=C(O)Cn1nc(Cc2cccc(Cl)c2)nc1Cn1ccccc1=O. The first kappa shape index (κ1) is 16.9. The van der Waals surface area contributed by atoms with Crippen LogP contribution in [-0.4, -0.2) is 30.4 Å². The lowest BCUT2D eigenvalue weighted by molar-refractivity contribution is -0.137. The molecule has 128 valence electrons. The molecule has 7 nitrogen and oxygen atoms in total. The average molecular weight is 359 g/mol. The minimum absolute atomic E-state index is 0.148. The van der Waals surface area contributed by atoms with Crippen molar-refractivity contribution in [3.63, 3.8) is 0 Å². The number of halogens is 1. The van der Waals surface area contributed by atoms with Gasteiger partial charge >= 0.3 is 5.97 Å². The highest BCUT2D eigenvalue weighted by atomic mass is 35.5. The van der Waals surface area contributed by atoms with Gasteiger partial charge in [-0.15, -0.1) is 0 Å². The molecule has 8 heteroatoms. The zero-order chi connectivity index (χ0) is 17.8. The number of hydrogen-bond donors (Lipinski definition) is 1. The summed E-state index contributed by atoms with van der Waals surface area (Å²) in [6.07, 6.45) is 2.04. The summed E-state index contributed by atoms with van der Waals surface area (Å²) in [5.41, 5.74) is 0.729. The minimum atomic E-state index is -1.03. The largest absolute Gasteiger partial charge is 0.480 e. The van der Waals surface area contributed by atoms with Crippen molar-refractivity contribution in [2.24, 2.45) is 0 Å². The molecule has 0 unspecified atom stereocenters. The Balaban J connectivity index is 1.90. The number of pyridine rings is 1. The lowest BCUT2D eigenvalue weighted by atomic mass is 10.1. The average Bonchev–Trinajstić information content (AvgIpc) is 2.90. The van der Waals surface area contributed by atoms with Crippen LogP contribution in [0.5, 0.6) is 0 Å². The summed E-state index contributed by atoms with van der Waals surface area (Å²) in [7, 11) is 0. The van der Waals surface area contributed by atoms with Crippen LogP contribution >= 0.6 is 11.6 Å². The minimum Gasteiger partial charge on any atom is -0.480 e. The van der Waals surface area contributed by atoms with Crippen LogP contribution in [0.1, 0.15) is 17.2 Å². The number of carbonyl (C=O) groups is 1. The molecule has 0 saturated heterocycles. The second-order valence-electron chi connectivity index (χ2n) is 5.47. The van der Waals surface area contributed by atoms with Crippen LogP contribution < -0.4 is 5.56 Å². The summed E-state index contributed by atoms with van der Waals surface area (Å²) in [5, 5.41) is 13.9. The second kappa shape index (κ2) is 7.31. The smallest absolute Gasteiger partial charge is 0.325 e. The molecule has 0 amide bonds. The van der Waals surface area contributed by atoms with E-state index < -0.39 is 5.97 Å². The van der Waals surface area contributed by atoms with Gasteiger partial charge in [-0.1, -0.05) is 29.8 Å². The molecule has 0 spiro atoms. The van der Waals surface area contributed by atoms with Gasteiger partial charge in [0.15, 0.2) is 5.82 Å². The molecule has 0 atom stereocenters. The van der Waals surface area contributed by atoms with Crippen molar-refractivity contribution in [2.45, 2.75) is 19.5 Å². The lowest BCUT2D eigenvalue weighted by Gasteiger charge is -2.05. The van der Waals surface area contributed by atoms with E-state index in [2.05, 4.69) is 10.1 Å². The molecule has 1 aromatic carbocycles. The highest BCUT2D eigenvalue weighted by Gasteiger charge is 2.14. The van der Waals surface area contributed by atoms with Gasteiger partial charge in [0, 0.05) is 23.7 Å². The van der Waals surface area contributed by atoms with Crippen LogP contribution in [0.4, 0.5) is 0 Å². The molecule has 3 rings (SSSR count). The topological polar surface area (TPSA) is 90.0 Å². The predicted octanol–water partition coefficient (Wildman–Crippen LogP) is 1.82. The van der Waals surface area contributed by atoms with Crippen molar-refractivity contribution in [2.75, 3.05) is 0 Å². The number of benzene rings is 1. The zero-order valence-electron chi connectivity index (χ0n) is 13.2. The van der Waals surface area contributed by atoms with Crippen molar-refractivity contribution in [1.29, 1.82) is 0 Å². The summed E-state index contributed by atoms with van der Waals surface area (Å²) in [5.74, 6) is -0.143. The van der Waals surface area contributed by atoms with Crippen molar-refractivity contribution in [1.82, 2.24) is 19.3 Å². The Morgan fingerprint density at radius 1 is 1.20 bits per heavy atom. The van der Waals surface area contributed by atoms with Gasteiger partial charge < -0.3 is 9.67 Å². The third kappa shape index (κ3) is 4.33. The standard InChI is InChI=1S/C17H15ClN4O3/c18-13-5-3-4-12(8-13)9-14-19-15(22(20-14)11-17(24)25)10-21-7-2-1-6-16(21)23/h1-8H,9-11H2,(H,24,25). The highest BCUT2D eigenvalue weighted by molar-refractivity contribution is 6.30. The maximum Gasteiger partial charge on any atom is 0.325 e. The normalized spacial score (nSPS) is 10.8. The number of rotatable bonds is 6. The van der Waals surface area contributed by atoms with Gasteiger partial charge in [0.05, 0.1) is 6.54 Å². The van der Waals surface area contributed by atoms with Gasteiger partial charge in [0.25, 0.3) is 5.56 Å². The first-order valence-corrected chi connectivity index (χ1v) is 7.93. The summed E-state index contributed by atoms with van der Waals surface area (Å²) in [4.78, 5) is 27.4. The number of nitrogens with zero attached hydrogens (tertiary/aromatic N) is 4. The predicted molar refractivity (Wildman–Crippen MR) is 91.7 cm³/mol. The van der Waals surface area contributed by atoms with Gasteiger partial charge in [-0.05, 0) is 23.8 Å². The molecule has 1 N–H and O–H groups in total. The Labute approximate surface area is 148 Å². The van der Waals surface area contributed by atoms with Crippen molar-refractivity contribution in [3.05, 3.63) is 81.3 Å². The molecule has 0 aliphatic rings. The highest BCUT2D eigenvalue weighted by Crippen LogP contribution is 2.14. The fourth-order valence-corrected chi connectivity index (χ4v) is 2.66. The molecular formula is C17H15ClN4O3. The Bertz CT molecular complexity index is 964. The maximum atomic E-state index is 11.9. The number of aliphatic carboxylic acids is 1. The Morgan fingerprint density at radius 2 is 2.04 bits per heavy atom. The first-order chi connectivity index (χ1) is 12.0. The van der Waals surface area contributed by atoms with E-state index in [0.29, 0.717) is 23.1 Å². The molecular weight excluding hydrogens is 344 g/mol. The Morgan fingerprint density at radius 3 is 2.76 bits per heavy atom. The second-order valence-corrected chi connectivity index (χ2v) is 5.91. The van der Waals surface area contributed by atoms with E-state index in [9.17, 15) is 9.59 Å². The fraction of sp³-hybridized carbons (Fsp3) is 0.176. The first-order valence-electron chi connectivity index (χ1n) is 7.55. The van der Waals surface area contributed by atoms with Gasteiger partial charge in [-0.25, -0.2) is 9.67 Å². The van der Waals surface area contributed by atoms with Gasteiger partial charge in [0.2, 0.25) is 0 Å². The number of carboxylic acids is 1. The van der Waals surface area contributed by atoms with Gasteiger partial charge in [-0.2, -0.15) is 5.10 Å². The van der Waals surface area contributed by atoms with Gasteiger partial charge in [0.1, 0.15) is 12.4 Å². The van der Waals surface area contributed by atoms with E-state index in [0.717, 1.165) is 5.56 Å². The summed E-state index contributed by atoms with van der Waals surface area (Å²) in [6.45, 7) is -0.172. The molecule has 2 heterocycles. The monoisotopic (exact) mass is 358 g/mol. The van der Waals surface area contributed by atoms with Crippen molar-refractivity contribution < 1.29 is 9.90 Å². The van der Waals surface area contributed by atoms with Crippen LogP contribution in [0.2, 0.25) is 5.02 Å². The van der Waals surface area contributed by atoms with Crippen molar-refractivity contribution >= 4 is 17.6 Å². The quantitative estimate of drug-likeness (QED) is 0.725. The third-order valence-electron chi connectivity index (χ3n) is 3.54. The van der Waals surface area contributed by atoms with E-state index in [1.807, 2.05) is 12.1 Å². The molecule has 25 heavy (non-hydrogen) atoms. The summed E-state index contributed by atoms with van der Waals surface area (Å²) < 4.78 is 2.76. The molecule has 0 bridgehead atoms. The van der Waals surface area contributed by atoms with E-state index in [4.69, 9.17) is 16.7 Å². The lowest BCUT2D eigenvalue weighted by Crippen LogP contribution is -2.22. The summed E-state index contributed by atoms with van der Waals surface area (Å²) in [6, 6.07) is 12.1. The van der Waals surface area contributed by atoms with Gasteiger partial charge in [-0.3, -0.25) is 9.59 Å². The zero-order valence-corrected chi connectivity index (χ0v) is 13.9. The molecule has 0 fully saturated rings. The molecule has 2 aromatic heterocycles. The summed E-state index contributed by atoms with van der Waals surface area (Å²) >= 11 is 5.98. The van der Waals surface area contributed by atoms with Crippen molar-refractivity contribution in [3.8, 4) is 0 Å². The number of hydrogen-bond acceptors (Lipinski definition) is 4. The molecule has 0 aliphatic carbocycles. The number of aromatic nitrogens is 4. The van der Waals surface area contributed by atoms with E-state index in [1.54, 1.807) is 30.5 Å². The molecule has 3 aromatic rings. The van der Waals surface area contributed by atoms with Crippen LogP contribution in [0, 0.1) is 0 Å². The molecule has 0 aliphatic heterocycles. The third-order valence-corrected chi connectivity index (χ3v) is 3.77. The molecule has 0 radical (unpaired) electrons. The molecule has 0 saturated carbocycles. The van der Waals surface area contributed by atoms with Crippen LogP contribution in [-0.2, 0) is 24.3 Å². The van der Waals surface area contributed by atoms with E-state index in [1.165, 1.54) is 15.3 Å². The van der Waals surface area contributed by atoms with Crippen LogP contribution in [0.25, 0.3) is 0 Å². The van der Waals surface area contributed by atoms with E-state index in [-0.39, 0.29) is 18.6 Å². The Kier molecular flexibility index (Phi) is 4.95. The maximum absolute atomic E-state index is 11.9. The fourth-order valence-electron chi connectivity index (χ4n) is 2.45. The number of carboxylic acid groups (broad SMARTS) is 1.